The van der Waals surface area contributed by atoms with Crippen LogP contribution in [-0.2, 0) is 6.42 Å². The second-order valence-electron chi connectivity index (χ2n) is 3.85. The summed E-state index contributed by atoms with van der Waals surface area (Å²) in [7, 11) is 0. The number of benzene rings is 1. The van der Waals surface area contributed by atoms with Gasteiger partial charge < -0.3 is 0 Å². The van der Waals surface area contributed by atoms with Crippen LogP contribution in [0.2, 0.25) is 0 Å². The van der Waals surface area contributed by atoms with Gasteiger partial charge in [-0.1, -0.05) is 26.0 Å². The van der Waals surface area contributed by atoms with Gasteiger partial charge in [-0.2, -0.15) is 0 Å². The molecule has 0 unspecified atom stereocenters. The third kappa shape index (κ3) is 1.75. The van der Waals surface area contributed by atoms with Gasteiger partial charge in [-0.05, 0) is 40.8 Å². The number of thiophene rings is 1. The zero-order valence-electron chi connectivity index (χ0n) is 8.08. The lowest BCUT2D eigenvalue weighted by atomic mass is 10.0. The summed E-state index contributed by atoms with van der Waals surface area (Å²) in [6.45, 7) is 4.54. The molecule has 0 spiro atoms. The highest BCUT2D eigenvalue weighted by Gasteiger charge is 2.03. The van der Waals surface area contributed by atoms with Crippen LogP contribution < -0.4 is 0 Å². The minimum atomic E-state index is 0.741. The Morgan fingerprint density at radius 3 is 2.85 bits per heavy atom. The number of fused-ring (bicyclic) bond motifs is 1. The van der Waals surface area contributed by atoms with Crippen LogP contribution in [0.3, 0.4) is 0 Å². The molecule has 68 valence electrons. The van der Waals surface area contributed by atoms with E-state index in [-0.39, 0.29) is 0 Å². The van der Waals surface area contributed by atoms with E-state index in [1.165, 1.54) is 22.1 Å². The molecular formula is C12H14S. The van der Waals surface area contributed by atoms with Crippen LogP contribution in [-0.4, -0.2) is 0 Å². The molecule has 2 rings (SSSR count). The van der Waals surface area contributed by atoms with Crippen LogP contribution in [0, 0.1) is 5.92 Å². The first kappa shape index (κ1) is 8.76. The quantitative estimate of drug-likeness (QED) is 0.669. The van der Waals surface area contributed by atoms with Crippen molar-refractivity contribution >= 4 is 21.4 Å². The Labute approximate surface area is 83.2 Å². The molecule has 0 bridgehead atoms. The molecule has 0 fully saturated rings. The second kappa shape index (κ2) is 3.51. The van der Waals surface area contributed by atoms with Crippen molar-refractivity contribution in [1.29, 1.82) is 0 Å². The first-order chi connectivity index (χ1) is 6.27. The molecule has 0 nitrogen and oxygen atoms in total. The molecule has 2 aromatic rings. The van der Waals surface area contributed by atoms with Gasteiger partial charge in [-0.3, -0.25) is 0 Å². The van der Waals surface area contributed by atoms with Gasteiger partial charge in [-0.15, -0.1) is 11.3 Å². The molecule has 0 aliphatic rings. The monoisotopic (exact) mass is 190 g/mol. The number of hydrogen-bond acceptors (Lipinski definition) is 1. The van der Waals surface area contributed by atoms with E-state index in [9.17, 15) is 0 Å². The molecule has 1 aromatic heterocycles. The summed E-state index contributed by atoms with van der Waals surface area (Å²) in [5, 5.41) is 3.62. The van der Waals surface area contributed by atoms with Gasteiger partial charge in [0, 0.05) is 4.70 Å². The van der Waals surface area contributed by atoms with Crippen molar-refractivity contribution in [1.82, 2.24) is 0 Å². The van der Waals surface area contributed by atoms with Crippen molar-refractivity contribution in [2.45, 2.75) is 20.3 Å². The van der Waals surface area contributed by atoms with Gasteiger partial charge in [0.1, 0.15) is 0 Å². The van der Waals surface area contributed by atoms with E-state index in [0.717, 1.165) is 5.92 Å². The van der Waals surface area contributed by atoms with E-state index < -0.39 is 0 Å². The van der Waals surface area contributed by atoms with E-state index in [4.69, 9.17) is 0 Å². The van der Waals surface area contributed by atoms with Crippen molar-refractivity contribution < 1.29 is 0 Å². The van der Waals surface area contributed by atoms with Crippen LogP contribution in [0.4, 0.5) is 0 Å². The van der Waals surface area contributed by atoms with Gasteiger partial charge >= 0.3 is 0 Å². The summed E-state index contributed by atoms with van der Waals surface area (Å²) in [6.07, 6.45) is 1.19. The standard InChI is InChI=1S/C12H14S/c1-9(2)8-10-4-3-5-12-11(10)6-7-13-12/h3-7,9H,8H2,1-2H3. The molecule has 0 atom stereocenters. The molecule has 0 amide bonds. The Bertz CT molecular complexity index is 398. The van der Waals surface area contributed by atoms with E-state index >= 15 is 0 Å². The zero-order chi connectivity index (χ0) is 9.26. The highest BCUT2D eigenvalue weighted by Crippen LogP contribution is 2.25. The smallest absolute Gasteiger partial charge is 0.0345 e. The molecule has 0 radical (unpaired) electrons. The van der Waals surface area contributed by atoms with E-state index in [0.29, 0.717) is 0 Å². The van der Waals surface area contributed by atoms with Gasteiger partial charge in [0.25, 0.3) is 0 Å². The van der Waals surface area contributed by atoms with Crippen molar-refractivity contribution in [3.63, 3.8) is 0 Å². The summed E-state index contributed by atoms with van der Waals surface area (Å²) in [4.78, 5) is 0. The topological polar surface area (TPSA) is 0 Å². The normalized spacial score (nSPS) is 11.3. The third-order valence-corrected chi connectivity index (χ3v) is 3.10. The predicted octanol–water partition coefficient (Wildman–Crippen LogP) is 4.10. The minimum Gasteiger partial charge on any atom is -0.144 e. The second-order valence-corrected chi connectivity index (χ2v) is 4.80. The SMILES string of the molecule is CC(C)Cc1cccc2sccc12. The van der Waals surface area contributed by atoms with Gasteiger partial charge in [0.05, 0.1) is 0 Å². The molecule has 13 heavy (non-hydrogen) atoms. The number of hydrogen-bond donors (Lipinski definition) is 0. The maximum atomic E-state index is 2.27. The summed E-state index contributed by atoms with van der Waals surface area (Å²) in [5.74, 6) is 0.741. The van der Waals surface area contributed by atoms with Crippen LogP contribution in [0.5, 0.6) is 0 Å². The molecule has 0 saturated carbocycles. The van der Waals surface area contributed by atoms with E-state index in [2.05, 4.69) is 43.5 Å². The average molecular weight is 190 g/mol. The maximum absolute atomic E-state index is 2.27. The largest absolute Gasteiger partial charge is 0.144 e. The Hall–Kier alpha value is -0.820. The summed E-state index contributed by atoms with van der Waals surface area (Å²) < 4.78 is 1.41. The van der Waals surface area contributed by atoms with E-state index in [1.807, 2.05) is 11.3 Å². The Kier molecular flexibility index (Phi) is 2.36. The van der Waals surface area contributed by atoms with Crippen molar-refractivity contribution in [2.75, 3.05) is 0 Å². The minimum absolute atomic E-state index is 0.741. The molecule has 0 saturated heterocycles. The van der Waals surface area contributed by atoms with Crippen molar-refractivity contribution in [3.05, 3.63) is 35.2 Å². The molecule has 0 aliphatic heterocycles. The molecule has 1 heterocycles. The Balaban J connectivity index is 2.48. The van der Waals surface area contributed by atoms with Gasteiger partial charge in [0.2, 0.25) is 0 Å². The average Bonchev–Trinajstić information content (AvgIpc) is 2.51. The van der Waals surface area contributed by atoms with Crippen molar-refractivity contribution in [3.8, 4) is 0 Å². The fraction of sp³-hybridized carbons (Fsp3) is 0.333. The van der Waals surface area contributed by atoms with Crippen LogP contribution in [0.1, 0.15) is 19.4 Å². The lowest BCUT2D eigenvalue weighted by Crippen LogP contribution is -1.93. The molecule has 1 aromatic carbocycles. The van der Waals surface area contributed by atoms with Crippen LogP contribution >= 0.6 is 11.3 Å². The fourth-order valence-corrected chi connectivity index (χ4v) is 2.51. The first-order valence-electron chi connectivity index (χ1n) is 4.72. The summed E-state index contributed by atoms with van der Waals surface area (Å²) >= 11 is 1.83. The highest BCUT2D eigenvalue weighted by atomic mass is 32.1. The van der Waals surface area contributed by atoms with Gasteiger partial charge in [-0.25, -0.2) is 0 Å². The van der Waals surface area contributed by atoms with Crippen LogP contribution in [0.15, 0.2) is 29.6 Å². The molecule has 1 heteroatoms. The Morgan fingerprint density at radius 1 is 1.23 bits per heavy atom. The highest BCUT2D eigenvalue weighted by molar-refractivity contribution is 7.17. The molecule has 0 N–H and O–H groups in total. The van der Waals surface area contributed by atoms with E-state index in [1.54, 1.807) is 0 Å². The third-order valence-electron chi connectivity index (χ3n) is 2.21. The lowest BCUT2D eigenvalue weighted by molar-refractivity contribution is 0.650. The molecular weight excluding hydrogens is 176 g/mol. The molecule has 0 aliphatic carbocycles. The Morgan fingerprint density at radius 2 is 2.08 bits per heavy atom. The lowest BCUT2D eigenvalue weighted by Gasteiger charge is -2.05. The van der Waals surface area contributed by atoms with Crippen molar-refractivity contribution in [2.24, 2.45) is 5.92 Å². The summed E-state index contributed by atoms with van der Waals surface area (Å²) in [5.41, 5.74) is 1.49. The number of rotatable bonds is 2. The zero-order valence-corrected chi connectivity index (χ0v) is 8.90. The maximum Gasteiger partial charge on any atom is 0.0345 e. The fourth-order valence-electron chi connectivity index (χ4n) is 1.67. The van der Waals surface area contributed by atoms with Gasteiger partial charge in [0.15, 0.2) is 0 Å². The predicted molar refractivity (Wildman–Crippen MR) is 60.4 cm³/mol. The first-order valence-corrected chi connectivity index (χ1v) is 5.60. The van der Waals surface area contributed by atoms with Crippen LogP contribution in [0.25, 0.3) is 10.1 Å². The summed E-state index contributed by atoms with van der Waals surface area (Å²) in [6, 6.07) is 8.84.